The Balaban J connectivity index is 1.88. The second-order valence-corrected chi connectivity index (χ2v) is 5.75. The quantitative estimate of drug-likeness (QED) is 0.492. The zero-order chi connectivity index (χ0) is 18.2. The molecule has 0 bridgehead atoms. The first-order valence-corrected chi connectivity index (χ1v) is 8.63. The number of hydrogen-bond acceptors (Lipinski definition) is 4. The predicted molar refractivity (Wildman–Crippen MR) is 106 cm³/mol. The minimum Gasteiger partial charge on any atom is -0.504 e. The van der Waals surface area contributed by atoms with E-state index in [0.717, 1.165) is 11.3 Å². The number of ether oxygens (including phenoxy) is 1. The van der Waals surface area contributed by atoms with Crippen molar-refractivity contribution < 1.29 is 9.84 Å². The van der Waals surface area contributed by atoms with Crippen LogP contribution < -0.4 is 9.75 Å². The number of benzene rings is 3. The molecule has 0 aliphatic rings. The molecule has 1 N–H and O–H groups in total. The van der Waals surface area contributed by atoms with Gasteiger partial charge in [0, 0.05) is 5.56 Å². The van der Waals surface area contributed by atoms with E-state index in [-0.39, 0.29) is 5.75 Å². The van der Waals surface area contributed by atoms with Gasteiger partial charge < -0.3 is 9.84 Å². The summed E-state index contributed by atoms with van der Waals surface area (Å²) in [6.45, 7) is 3.02. The third-order valence-electron chi connectivity index (χ3n) is 3.90. The van der Waals surface area contributed by atoms with Crippen LogP contribution >= 0.6 is 0 Å². The molecule has 0 amide bonds. The molecule has 0 atom stereocenters. The third kappa shape index (κ3) is 4.42. The number of hydrogen-bond donors (Lipinski definition) is 1. The van der Waals surface area contributed by atoms with Crippen LogP contribution in [0.5, 0.6) is 11.5 Å². The monoisotopic (exact) mass is 346 g/mol. The van der Waals surface area contributed by atoms with Crippen molar-refractivity contribution in [3.63, 3.8) is 0 Å². The van der Waals surface area contributed by atoms with Gasteiger partial charge in [-0.05, 0) is 36.8 Å². The Morgan fingerprint density at radius 3 is 2.31 bits per heavy atom. The third-order valence-corrected chi connectivity index (χ3v) is 3.90. The van der Waals surface area contributed by atoms with Gasteiger partial charge in [0.25, 0.3) is 0 Å². The smallest absolute Gasteiger partial charge is 0.166 e. The van der Waals surface area contributed by atoms with E-state index >= 15 is 0 Å². The summed E-state index contributed by atoms with van der Waals surface area (Å²) < 4.78 is 5.44. The summed E-state index contributed by atoms with van der Waals surface area (Å²) in [4.78, 5) is 0. The van der Waals surface area contributed by atoms with E-state index in [0.29, 0.717) is 24.5 Å². The van der Waals surface area contributed by atoms with Gasteiger partial charge in [0.15, 0.2) is 11.5 Å². The summed E-state index contributed by atoms with van der Waals surface area (Å²) in [7, 11) is 0. The number of rotatable bonds is 7. The topological polar surface area (TPSA) is 45.1 Å². The summed E-state index contributed by atoms with van der Waals surface area (Å²) >= 11 is 0. The van der Waals surface area contributed by atoms with Crippen molar-refractivity contribution in [2.45, 2.75) is 13.5 Å². The van der Waals surface area contributed by atoms with Gasteiger partial charge in [-0.2, -0.15) is 5.10 Å². The van der Waals surface area contributed by atoms with Crippen molar-refractivity contribution >= 4 is 11.9 Å². The SMILES string of the molecule is CCOc1cccc(/C=N/N(Cc2ccccc2)c2ccccc2)c1O. The predicted octanol–water partition coefficient (Wildman–Crippen LogP) is 4.83. The first kappa shape index (κ1) is 17.5. The largest absolute Gasteiger partial charge is 0.504 e. The van der Waals surface area contributed by atoms with Gasteiger partial charge >= 0.3 is 0 Å². The summed E-state index contributed by atoms with van der Waals surface area (Å²) in [5.74, 6) is 0.566. The van der Waals surface area contributed by atoms with E-state index in [4.69, 9.17) is 4.74 Å². The molecular formula is C22H22N2O2. The standard InChI is InChI=1S/C22H22N2O2/c1-2-26-21-15-9-12-19(22(21)25)16-23-24(20-13-7-4-8-14-20)17-18-10-5-3-6-11-18/h3-16,25H,2,17H2,1H3/b23-16+. The van der Waals surface area contributed by atoms with Gasteiger partial charge in [-0.25, -0.2) is 0 Å². The molecule has 0 fully saturated rings. The number of para-hydroxylation sites is 2. The maximum Gasteiger partial charge on any atom is 0.166 e. The maximum absolute atomic E-state index is 10.4. The Hall–Kier alpha value is -3.27. The molecule has 26 heavy (non-hydrogen) atoms. The van der Waals surface area contributed by atoms with Gasteiger partial charge in [0.05, 0.1) is 25.1 Å². The highest BCUT2D eigenvalue weighted by Gasteiger charge is 2.08. The molecule has 0 spiro atoms. The minimum absolute atomic E-state index is 0.103. The second-order valence-electron chi connectivity index (χ2n) is 5.75. The Bertz CT molecular complexity index is 849. The lowest BCUT2D eigenvalue weighted by atomic mass is 10.2. The molecule has 0 saturated heterocycles. The van der Waals surface area contributed by atoms with Gasteiger partial charge in [0.2, 0.25) is 0 Å². The van der Waals surface area contributed by atoms with Crippen LogP contribution in [0.1, 0.15) is 18.1 Å². The number of nitrogens with zero attached hydrogens (tertiary/aromatic N) is 2. The molecule has 4 nitrogen and oxygen atoms in total. The molecule has 0 saturated carbocycles. The zero-order valence-corrected chi connectivity index (χ0v) is 14.7. The molecule has 0 heterocycles. The van der Waals surface area contributed by atoms with Crippen LogP contribution in [0, 0.1) is 0 Å². The van der Waals surface area contributed by atoms with Crippen LogP contribution in [0.2, 0.25) is 0 Å². The lowest BCUT2D eigenvalue weighted by Gasteiger charge is -2.19. The van der Waals surface area contributed by atoms with E-state index < -0.39 is 0 Å². The molecular weight excluding hydrogens is 324 g/mol. The maximum atomic E-state index is 10.4. The lowest BCUT2D eigenvalue weighted by molar-refractivity contribution is 0.318. The van der Waals surface area contributed by atoms with Crippen molar-refractivity contribution in [3.05, 3.63) is 90.0 Å². The number of anilines is 1. The average Bonchev–Trinajstić information content (AvgIpc) is 2.69. The second kappa shape index (κ2) is 8.72. The van der Waals surface area contributed by atoms with Crippen molar-refractivity contribution in [2.75, 3.05) is 11.6 Å². The van der Waals surface area contributed by atoms with Gasteiger partial charge in [-0.15, -0.1) is 0 Å². The molecule has 0 unspecified atom stereocenters. The molecule has 0 aromatic heterocycles. The van der Waals surface area contributed by atoms with E-state index in [1.54, 1.807) is 12.3 Å². The fourth-order valence-corrected chi connectivity index (χ4v) is 2.60. The van der Waals surface area contributed by atoms with E-state index in [1.807, 2.05) is 72.6 Å². The van der Waals surface area contributed by atoms with Crippen molar-refractivity contribution in [1.29, 1.82) is 0 Å². The normalized spacial score (nSPS) is 10.8. The molecule has 0 aliphatic carbocycles. The lowest BCUT2D eigenvalue weighted by Crippen LogP contribution is -2.16. The summed E-state index contributed by atoms with van der Waals surface area (Å²) in [5, 5.41) is 16.9. The highest BCUT2D eigenvalue weighted by atomic mass is 16.5. The minimum atomic E-state index is 0.103. The number of phenols is 1. The fraction of sp³-hybridized carbons (Fsp3) is 0.136. The van der Waals surface area contributed by atoms with Crippen molar-refractivity contribution in [1.82, 2.24) is 0 Å². The van der Waals surface area contributed by atoms with Crippen LogP contribution in [-0.4, -0.2) is 17.9 Å². The van der Waals surface area contributed by atoms with Crippen molar-refractivity contribution in [2.24, 2.45) is 5.10 Å². The van der Waals surface area contributed by atoms with Crippen molar-refractivity contribution in [3.8, 4) is 11.5 Å². The summed E-state index contributed by atoms with van der Waals surface area (Å²) in [6.07, 6.45) is 1.66. The Morgan fingerprint density at radius 2 is 1.62 bits per heavy atom. The zero-order valence-electron chi connectivity index (χ0n) is 14.7. The first-order valence-electron chi connectivity index (χ1n) is 8.63. The summed E-state index contributed by atoms with van der Waals surface area (Å²) in [6, 6.07) is 25.5. The van der Waals surface area contributed by atoms with Crippen LogP contribution in [0.25, 0.3) is 0 Å². The Morgan fingerprint density at radius 1 is 0.923 bits per heavy atom. The molecule has 0 radical (unpaired) electrons. The van der Waals surface area contributed by atoms with Crippen LogP contribution in [0.15, 0.2) is 84.0 Å². The fourth-order valence-electron chi connectivity index (χ4n) is 2.60. The Kier molecular flexibility index (Phi) is 5.88. The van der Waals surface area contributed by atoms with E-state index in [2.05, 4.69) is 17.2 Å². The molecule has 3 aromatic carbocycles. The number of aromatic hydroxyl groups is 1. The molecule has 0 aliphatic heterocycles. The highest BCUT2D eigenvalue weighted by Crippen LogP contribution is 2.29. The Labute approximate surface area is 154 Å². The number of hydrazone groups is 1. The van der Waals surface area contributed by atoms with Crippen LogP contribution in [0.3, 0.4) is 0 Å². The average molecular weight is 346 g/mol. The van der Waals surface area contributed by atoms with E-state index in [9.17, 15) is 5.11 Å². The van der Waals surface area contributed by atoms with E-state index in [1.165, 1.54) is 0 Å². The van der Waals surface area contributed by atoms with Gasteiger partial charge in [-0.3, -0.25) is 5.01 Å². The van der Waals surface area contributed by atoms with Crippen LogP contribution in [0.4, 0.5) is 5.69 Å². The molecule has 3 aromatic rings. The molecule has 3 rings (SSSR count). The molecule has 132 valence electrons. The van der Waals surface area contributed by atoms with Gasteiger partial charge in [0.1, 0.15) is 0 Å². The molecule has 4 heteroatoms. The van der Waals surface area contributed by atoms with Crippen LogP contribution in [-0.2, 0) is 6.54 Å². The first-order chi connectivity index (χ1) is 12.8. The summed E-state index contributed by atoms with van der Waals surface area (Å²) in [5.41, 5.74) is 2.75. The highest BCUT2D eigenvalue weighted by molar-refractivity contribution is 5.85. The number of phenolic OH excluding ortho intramolecular Hbond substituents is 1. The van der Waals surface area contributed by atoms with Gasteiger partial charge in [-0.1, -0.05) is 54.6 Å².